The average molecular weight is 371 g/mol. The Bertz CT molecular complexity index is 1030. The summed E-state index contributed by atoms with van der Waals surface area (Å²) in [5, 5.41) is 0. The standard InChI is InChI=1S/C27H30O/c1-26(2,3)21-12-10-18(11-13-21)22-9-7-8-19-16-20(17-23(19)22)25-24(14-15-28-25)27(4,5)6/h7-16H,17H2,1-6H3. The van der Waals surface area contributed by atoms with Crippen molar-refractivity contribution in [2.75, 3.05) is 0 Å². The Hall–Kier alpha value is -2.54. The van der Waals surface area contributed by atoms with Gasteiger partial charge in [-0.15, -0.1) is 0 Å². The molecule has 0 amide bonds. The lowest BCUT2D eigenvalue weighted by atomic mass is 9.85. The highest BCUT2D eigenvalue weighted by atomic mass is 16.3. The molecular formula is C27H30O. The van der Waals surface area contributed by atoms with Crippen molar-refractivity contribution in [3.05, 3.63) is 82.8 Å². The van der Waals surface area contributed by atoms with Gasteiger partial charge in [0.1, 0.15) is 5.76 Å². The van der Waals surface area contributed by atoms with Crippen molar-refractivity contribution in [1.82, 2.24) is 0 Å². The molecule has 28 heavy (non-hydrogen) atoms. The molecule has 2 aromatic carbocycles. The van der Waals surface area contributed by atoms with Gasteiger partial charge in [0.15, 0.2) is 0 Å². The lowest BCUT2D eigenvalue weighted by Crippen LogP contribution is -2.12. The molecule has 1 aromatic heterocycles. The van der Waals surface area contributed by atoms with Gasteiger partial charge in [-0.1, -0.05) is 84.0 Å². The molecule has 0 spiro atoms. The van der Waals surface area contributed by atoms with Crippen LogP contribution in [0.15, 0.2) is 59.2 Å². The van der Waals surface area contributed by atoms with Crippen molar-refractivity contribution in [1.29, 1.82) is 0 Å². The van der Waals surface area contributed by atoms with Crippen LogP contribution >= 0.6 is 0 Å². The molecular weight excluding hydrogens is 340 g/mol. The summed E-state index contributed by atoms with van der Waals surface area (Å²) in [6.07, 6.45) is 5.05. The normalized spacial score (nSPS) is 14.1. The van der Waals surface area contributed by atoms with Crippen LogP contribution in [-0.2, 0) is 17.3 Å². The maximum atomic E-state index is 5.94. The second-order valence-electron chi connectivity index (χ2n) is 9.96. The minimum Gasteiger partial charge on any atom is -0.464 e. The molecule has 1 aliphatic rings. The van der Waals surface area contributed by atoms with Crippen LogP contribution in [0.2, 0.25) is 0 Å². The number of rotatable bonds is 2. The third-order valence-electron chi connectivity index (χ3n) is 5.74. The highest BCUT2D eigenvalue weighted by Gasteiger charge is 2.26. The molecule has 1 heterocycles. The first-order chi connectivity index (χ1) is 13.1. The Kier molecular flexibility index (Phi) is 4.38. The predicted molar refractivity (Wildman–Crippen MR) is 120 cm³/mol. The van der Waals surface area contributed by atoms with E-state index in [1.54, 1.807) is 0 Å². The maximum Gasteiger partial charge on any atom is 0.133 e. The zero-order valence-electron chi connectivity index (χ0n) is 17.9. The molecule has 4 rings (SSSR count). The van der Waals surface area contributed by atoms with E-state index in [0.29, 0.717) is 0 Å². The summed E-state index contributed by atoms with van der Waals surface area (Å²) < 4.78 is 5.94. The lowest BCUT2D eigenvalue weighted by molar-refractivity contribution is 0.523. The zero-order valence-corrected chi connectivity index (χ0v) is 17.9. The van der Waals surface area contributed by atoms with E-state index in [-0.39, 0.29) is 10.8 Å². The van der Waals surface area contributed by atoms with Gasteiger partial charge < -0.3 is 4.42 Å². The van der Waals surface area contributed by atoms with E-state index in [1.807, 2.05) is 6.26 Å². The fourth-order valence-electron chi connectivity index (χ4n) is 4.08. The lowest BCUT2D eigenvalue weighted by Gasteiger charge is -2.20. The third kappa shape index (κ3) is 3.35. The molecule has 1 heteroatoms. The molecule has 0 bridgehead atoms. The van der Waals surface area contributed by atoms with Crippen LogP contribution in [-0.4, -0.2) is 0 Å². The Morgan fingerprint density at radius 2 is 1.50 bits per heavy atom. The Labute approximate surface area is 169 Å². The van der Waals surface area contributed by atoms with Gasteiger partial charge in [0, 0.05) is 17.6 Å². The maximum absolute atomic E-state index is 5.94. The fourth-order valence-corrected chi connectivity index (χ4v) is 4.08. The van der Waals surface area contributed by atoms with Crippen molar-refractivity contribution >= 4 is 11.6 Å². The van der Waals surface area contributed by atoms with Gasteiger partial charge in [0.05, 0.1) is 6.26 Å². The Morgan fingerprint density at radius 1 is 0.786 bits per heavy atom. The Balaban J connectivity index is 1.70. The minimum absolute atomic E-state index is 0.0730. The number of fused-ring (bicyclic) bond motifs is 1. The van der Waals surface area contributed by atoms with E-state index in [2.05, 4.69) is 96.1 Å². The molecule has 0 atom stereocenters. The molecule has 0 N–H and O–H groups in total. The SMILES string of the molecule is CC(C)(C)c1ccc(-c2cccc3c2CC(c2occc2C(C)(C)C)=C3)cc1. The average Bonchev–Trinajstić information content (AvgIpc) is 3.27. The van der Waals surface area contributed by atoms with Crippen LogP contribution in [0.3, 0.4) is 0 Å². The van der Waals surface area contributed by atoms with Crippen molar-refractivity contribution < 1.29 is 4.42 Å². The van der Waals surface area contributed by atoms with Gasteiger partial charge in [-0.05, 0) is 50.8 Å². The summed E-state index contributed by atoms with van der Waals surface area (Å²) in [6, 6.07) is 17.8. The van der Waals surface area contributed by atoms with Gasteiger partial charge >= 0.3 is 0 Å². The highest BCUT2D eigenvalue weighted by molar-refractivity contribution is 5.91. The second-order valence-corrected chi connectivity index (χ2v) is 9.96. The molecule has 144 valence electrons. The van der Waals surface area contributed by atoms with E-state index in [0.717, 1.165) is 12.2 Å². The third-order valence-corrected chi connectivity index (χ3v) is 5.74. The van der Waals surface area contributed by atoms with Gasteiger partial charge in [-0.3, -0.25) is 0 Å². The minimum atomic E-state index is 0.0730. The van der Waals surface area contributed by atoms with E-state index in [9.17, 15) is 0 Å². The zero-order chi connectivity index (χ0) is 20.1. The van der Waals surface area contributed by atoms with Gasteiger partial charge in [-0.25, -0.2) is 0 Å². The smallest absolute Gasteiger partial charge is 0.133 e. The number of allylic oxidation sites excluding steroid dienone is 1. The second kappa shape index (κ2) is 6.51. The molecule has 0 saturated carbocycles. The molecule has 3 aromatic rings. The van der Waals surface area contributed by atoms with E-state index >= 15 is 0 Å². The first-order valence-corrected chi connectivity index (χ1v) is 10.2. The van der Waals surface area contributed by atoms with Crippen LogP contribution in [0.4, 0.5) is 0 Å². The monoisotopic (exact) mass is 370 g/mol. The van der Waals surface area contributed by atoms with Crippen molar-refractivity contribution in [3.8, 4) is 11.1 Å². The number of benzene rings is 2. The first-order valence-electron chi connectivity index (χ1n) is 10.2. The summed E-state index contributed by atoms with van der Waals surface area (Å²) in [6.45, 7) is 13.5. The number of hydrogen-bond donors (Lipinski definition) is 0. The molecule has 1 aliphatic carbocycles. The van der Waals surface area contributed by atoms with Gasteiger partial charge in [0.25, 0.3) is 0 Å². The van der Waals surface area contributed by atoms with Crippen LogP contribution in [0.25, 0.3) is 22.8 Å². The molecule has 0 fully saturated rings. The van der Waals surface area contributed by atoms with Gasteiger partial charge in [-0.2, -0.15) is 0 Å². The summed E-state index contributed by atoms with van der Waals surface area (Å²) in [4.78, 5) is 0. The summed E-state index contributed by atoms with van der Waals surface area (Å²) in [5.41, 5.74) is 9.50. The summed E-state index contributed by atoms with van der Waals surface area (Å²) >= 11 is 0. The molecule has 0 unspecified atom stereocenters. The van der Waals surface area contributed by atoms with E-state index < -0.39 is 0 Å². The first kappa shape index (κ1) is 18.8. The van der Waals surface area contributed by atoms with Crippen LogP contribution in [0.5, 0.6) is 0 Å². The quantitative estimate of drug-likeness (QED) is 0.452. The predicted octanol–water partition coefficient (Wildman–Crippen LogP) is 7.64. The topological polar surface area (TPSA) is 13.1 Å². The van der Waals surface area contributed by atoms with Crippen molar-refractivity contribution in [2.45, 2.75) is 58.8 Å². The van der Waals surface area contributed by atoms with E-state index in [1.165, 1.54) is 39.0 Å². The van der Waals surface area contributed by atoms with Gasteiger partial charge in [0.2, 0.25) is 0 Å². The summed E-state index contributed by atoms with van der Waals surface area (Å²) in [5.74, 6) is 1.04. The highest BCUT2D eigenvalue weighted by Crippen LogP contribution is 2.41. The molecule has 0 saturated heterocycles. The van der Waals surface area contributed by atoms with E-state index in [4.69, 9.17) is 4.42 Å². The van der Waals surface area contributed by atoms with Crippen LogP contribution in [0, 0.1) is 0 Å². The molecule has 0 radical (unpaired) electrons. The van der Waals surface area contributed by atoms with Crippen molar-refractivity contribution in [3.63, 3.8) is 0 Å². The largest absolute Gasteiger partial charge is 0.464 e. The fraction of sp³-hybridized carbons (Fsp3) is 0.333. The number of hydrogen-bond acceptors (Lipinski definition) is 1. The number of furan rings is 1. The summed E-state index contributed by atoms with van der Waals surface area (Å²) in [7, 11) is 0. The Morgan fingerprint density at radius 3 is 2.14 bits per heavy atom. The van der Waals surface area contributed by atoms with Crippen molar-refractivity contribution in [2.24, 2.45) is 0 Å². The van der Waals surface area contributed by atoms with Crippen LogP contribution < -0.4 is 0 Å². The molecule has 1 nitrogen and oxygen atoms in total. The van der Waals surface area contributed by atoms with Crippen LogP contribution in [0.1, 0.15) is 69.6 Å². The molecule has 0 aliphatic heterocycles.